The van der Waals surface area contributed by atoms with Gasteiger partial charge in [-0.25, -0.2) is 4.98 Å². The van der Waals surface area contributed by atoms with Gasteiger partial charge in [0.25, 0.3) is 11.8 Å². The molecule has 0 N–H and O–H groups in total. The molecule has 8 heteroatoms. The summed E-state index contributed by atoms with van der Waals surface area (Å²) in [6.07, 6.45) is 0.467. The van der Waals surface area contributed by atoms with E-state index in [9.17, 15) is 20.1 Å². The smallest absolute Gasteiger partial charge is 0.263 e. The van der Waals surface area contributed by atoms with Gasteiger partial charge in [0.05, 0.1) is 40.3 Å². The van der Waals surface area contributed by atoms with Crippen LogP contribution in [0.25, 0.3) is 11.3 Å². The van der Waals surface area contributed by atoms with Crippen molar-refractivity contribution in [3.05, 3.63) is 103 Å². The predicted octanol–water partition coefficient (Wildman–Crippen LogP) is 5.71. The van der Waals surface area contributed by atoms with E-state index in [2.05, 4.69) is 34.7 Å². The second-order valence-corrected chi connectivity index (χ2v) is 10.5. The largest absolute Gasteiger partial charge is 0.307 e. The number of benzene rings is 3. The Balaban J connectivity index is 1.65. The maximum Gasteiger partial charge on any atom is 0.263 e. The van der Waals surface area contributed by atoms with Gasteiger partial charge >= 0.3 is 0 Å². The van der Waals surface area contributed by atoms with Gasteiger partial charge in [0.2, 0.25) is 0 Å². The van der Waals surface area contributed by atoms with Crippen LogP contribution in [-0.2, 0) is 6.42 Å². The topological polar surface area (TPSA) is 103 Å². The highest BCUT2D eigenvalue weighted by molar-refractivity contribution is 14.1. The summed E-state index contributed by atoms with van der Waals surface area (Å²) in [5.41, 5.74) is 6.35. The minimum absolute atomic E-state index is 0.178. The van der Waals surface area contributed by atoms with Gasteiger partial charge in [-0.05, 0) is 109 Å². The van der Waals surface area contributed by atoms with E-state index in [1.807, 2.05) is 32.0 Å². The number of fused-ring (bicyclic) bond motifs is 3. The minimum atomic E-state index is -0.240. The number of halogens is 1. The quantitative estimate of drug-likeness (QED) is 0.270. The van der Waals surface area contributed by atoms with Crippen LogP contribution in [-0.4, -0.2) is 27.9 Å². The fourth-order valence-corrected chi connectivity index (χ4v) is 5.39. The Morgan fingerprint density at radius 3 is 2.05 bits per heavy atom. The van der Waals surface area contributed by atoms with Gasteiger partial charge in [-0.15, -0.1) is 0 Å². The van der Waals surface area contributed by atoms with Gasteiger partial charge in [0, 0.05) is 33.2 Å². The molecule has 38 heavy (non-hydrogen) atoms. The van der Waals surface area contributed by atoms with E-state index in [4.69, 9.17) is 4.98 Å². The van der Waals surface area contributed by atoms with E-state index in [1.54, 1.807) is 52.8 Å². The molecule has 186 valence electrons. The third-order valence-corrected chi connectivity index (χ3v) is 7.50. The van der Waals surface area contributed by atoms with Gasteiger partial charge in [-0.3, -0.25) is 14.2 Å². The molecular weight excluding hydrogens is 589 g/mol. The maximum absolute atomic E-state index is 13.8. The van der Waals surface area contributed by atoms with Crippen molar-refractivity contribution in [2.45, 2.75) is 27.2 Å². The zero-order valence-electron chi connectivity index (χ0n) is 21.0. The molecule has 0 saturated heterocycles. The first-order chi connectivity index (χ1) is 18.2. The van der Waals surface area contributed by atoms with Crippen LogP contribution in [0.4, 0.5) is 5.69 Å². The number of rotatable bonds is 2. The lowest BCUT2D eigenvalue weighted by atomic mass is 10.0. The van der Waals surface area contributed by atoms with E-state index in [-0.39, 0.29) is 11.8 Å². The van der Waals surface area contributed by atoms with Crippen molar-refractivity contribution in [2.75, 3.05) is 11.4 Å². The Labute approximate surface area is 234 Å². The summed E-state index contributed by atoms with van der Waals surface area (Å²) < 4.78 is 2.58. The molecule has 2 heterocycles. The average molecular weight is 611 g/mol. The number of amides is 1. The summed E-state index contributed by atoms with van der Waals surface area (Å²) in [6, 6.07) is 20.2. The Kier molecular flexibility index (Phi) is 6.60. The minimum Gasteiger partial charge on any atom is -0.307 e. The summed E-state index contributed by atoms with van der Waals surface area (Å²) in [4.78, 5) is 34.1. The second-order valence-electron chi connectivity index (χ2n) is 9.25. The molecule has 0 spiro atoms. The molecule has 0 unspecified atom stereocenters. The first-order valence-electron chi connectivity index (χ1n) is 12.0. The van der Waals surface area contributed by atoms with Gasteiger partial charge in [-0.2, -0.15) is 10.5 Å². The highest BCUT2D eigenvalue weighted by Gasteiger charge is 2.31. The fraction of sp³-hybridized carbons (Fsp3) is 0.167. The molecule has 1 aromatic heterocycles. The van der Waals surface area contributed by atoms with E-state index >= 15 is 0 Å². The third-order valence-electron chi connectivity index (χ3n) is 6.83. The van der Waals surface area contributed by atoms with Crippen molar-refractivity contribution in [2.24, 2.45) is 0 Å². The van der Waals surface area contributed by atoms with Crippen molar-refractivity contribution < 1.29 is 9.59 Å². The van der Waals surface area contributed by atoms with Crippen LogP contribution < -0.4 is 4.90 Å². The normalized spacial score (nSPS) is 12.1. The molecule has 1 amide bonds. The molecule has 0 bridgehead atoms. The number of hydrogen-bond donors (Lipinski definition) is 0. The highest BCUT2D eigenvalue weighted by Crippen LogP contribution is 2.39. The van der Waals surface area contributed by atoms with Crippen LogP contribution in [0.1, 0.15) is 54.5 Å². The molecule has 0 atom stereocenters. The molecule has 5 rings (SSSR count). The van der Waals surface area contributed by atoms with Gasteiger partial charge in [-0.1, -0.05) is 0 Å². The summed E-state index contributed by atoms with van der Waals surface area (Å²) >= 11 is 2.23. The summed E-state index contributed by atoms with van der Waals surface area (Å²) in [6.45, 7) is 5.82. The maximum atomic E-state index is 13.8. The van der Waals surface area contributed by atoms with Gasteiger partial charge in [0.1, 0.15) is 5.82 Å². The number of hydrogen-bond acceptors (Lipinski definition) is 5. The zero-order chi connectivity index (χ0) is 27.1. The number of nitriles is 2. The Bertz CT molecular complexity index is 1740. The van der Waals surface area contributed by atoms with E-state index in [0.717, 1.165) is 26.0 Å². The number of nitrogens with zero attached hydrogens (tertiary/aromatic N) is 5. The average Bonchev–Trinajstić information content (AvgIpc) is 3.15. The molecule has 3 aromatic carbocycles. The van der Waals surface area contributed by atoms with Gasteiger partial charge in [0.15, 0.2) is 0 Å². The lowest BCUT2D eigenvalue weighted by Crippen LogP contribution is -2.32. The molecule has 0 aliphatic carbocycles. The van der Waals surface area contributed by atoms with Crippen LogP contribution in [0.15, 0.2) is 54.6 Å². The van der Waals surface area contributed by atoms with Crippen molar-refractivity contribution in [3.8, 4) is 23.4 Å². The Morgan fingerprint density at radius 2 is 1.47 bits per heavy atom. The van der Waals surface area contributed by atoms with Crippen LogP contribution in [0.2, 0.25) is 0 Å². The van der Waals surface area contributed by atoms with Crippen LogP contribution in [0.5, 0.6) is 0 Å². The molecule has 1 aliphatic rings. The molecule has 4 aromatic rings. The molecule has 0 saturated carbocycles. The predicted molar refractivity (Wildman–Crippen MR) is 152 cm³/mol. The zero-order valence-corrected chi connectivity index (χ0v) is 23.2. The van der Waals surface area contributed by atoms with Crippen molar-refractivity contribution in [1.82, 2.24) is 9.55 Å². The Hall–Kier alpha value is -4.28. The molecule has 1 aliphatic heterocycles. The van der Waals surface area contributed by atoms with Crippen molar-refractivity contribution >= 4 is 40.1 Å². The summed E-state index contributed by atoms with van der Waals surface area (Å²) in [7, 11) is 0. The van der Waals surface area contributed by atoms with E-state index in [0.29, 0.717) is 52.4 Å². The second kappa shape index (κ2) is 9.88. The van der Waals surface area contributed by atoms with Crippen LogP contribution in [0, 0.1) is 47.0 Å². The number of anilines is 1. The summed E-state index contributed by atoms with van der Waals surface area (Å²) in [5, 5.41) is 18.6. The van der Waals surface area contributed by atoms with Crippen LogP contribution >= 0.6 is 22.6 Å². The first kappa shape index (κ1) is 25.4. The number of imidazole rings is 1. The summed E-state index contributed by atoms with van der Waals surface area (Å²) in [5.74, 6) is 0.146. The van der Waals surface area contributed by atoms with Crippen LogP contribution in [0.3, 0.4) is 0 Å². The molecule has 0 fully saturated rings. The molecular formula is C30H22IN5O2. The number of carbonyl (C=O) groups is 2. The van der Waals surface area contributed by atoms with Crippen molar-refractivity contribution in [3.63, 3.8) is 0 Å². The van der Waals surface area contributed by atoms with Crippen molar-refractivity contribution in [1.29, 1.82) is 10.5 Å². The molecule has 0 radical (unpaired) electrons. The van der Waals surface area contributed by atoms with Gasteiger partial charge < -0.3 is 4.90 Å². The Morgan fingerprint density at radius 1 is 0.868 bits per heavy atom. The lowest BCUT2D eigenvalue weighted by molar-refractivity contribution is 0.0957. The molecule has 7 nitrogen and oxygen atoms in total. The van der Waals surface area contributed by atoms with E-state index in [1.165, 1.54) is 0 Å². The number of carbonyl (C=O) groups excluding carboxylic acids is 2. The van der Waals surface area contributed by atoms with E-state index < -0.39 is 0 Å². The SMILES string of the molecule is Cc1cc(C(=O)N2CCc3nc(C)n(C(=O)c4ccc(C#N)c(C)c4)c3-c3cc(I)ccc32)ccc1C#N. The lowest BCUT2D eigenvalue weighted by Gasteiger charge is -2.24. The number of aryl methyl sites for hydroxylation is 3. The first-order valence-corrected chi connectivity index (χ1v) is 13.1. The standard InChI is InChI=1S/C30H22IN5O2/c1-17-12-20(4-6-22(17)15-32)29(37)35-11-10-26-28(25-14-24(31)8-9-27(25)35)36(19(3)34-26)30(38)21-5-7-23(16-33)18(2)13-21/h4-9,12-14H,10-11H2,1-3H3. The fourth-order valence-electron chi connectivity index (χ4n) is 4.90. The number of aromatic nitrogens is 2. The third kappa shape index (κ3) is 4.27. The highest BCUT2D eigenvalue weighted by atomic mass is 127. The monoisotopic (exact) mass is 611 g/mol.